The second kappa shape index (κ2) is 8.56. The van der Waals surface area contributed by atoms with Crippen molar-refractivity contribution in [3.63, 3.8) is 0 Å². The van der Waals surface area contributed by atoms with E-state index in [4.69, 9.17) is 9.26 Å². The van der Waals surface area contributed by atoms with Gasteiger partial charge in [-0.2, -0.15) is 4.98 Å². The summed E-state index contributed by atoms with van der Waals surface area (Å²) in [5, 5.41) is 4.11. The molecular formula is C21H20BrN3O3. The lowest BCUT2D eigenvalue weighted by Gasteiger charge is -2.30. The Morgan fingerprint density at radius 3 is 2.75 bits per heavy atom. The molecule has 4 rings (SSSR count). The molecule has 1 aliphatic heterocycles. The standard InChI is InChI=1S/C21H20BrN3O3/c22-17-10-8-15(9-11-17)20-23-21(28-24-20)16-5-4-12-25(13-16)19(26)14-27-18-6-2-1-3-7-18/h1-3,6-11,16H,4-5,12-14H2. The molecule has 1 fully saturated rings. The summed E-state index contributed by atoms with van der Waals surface area (Å²) < 4.78 is 12.1. The van der Waals surface area contributed by atoms with Gasteiger partial charge in [0.2, 0.25) is 11.7 Å². The summed E-state index contributed by atoms with van der Waals surface area (Å²) in [6, 6.07) is 17.1. The van der Waals surface area contributed by atoms with E-state index in [1.54, 1.807) is 0 Å². The molecule has 1 aromatic heterocycles. The molecule has 0 bridgehead atoms. The zero-order chi connectivity index (χ0) is 19.3. The summed E-state index contributed by atoms with van der Waals surface area (Å²) in [5.74, 6) is 1.87. The second-order valence-corrected chi connectivity index (χ2v) is 7.66. The fraction of sp³-hybridized carbons (Fsp3) is 0.286. The van der Waals surface area contributed by atoms with Crippen molar-refractivity contribution < 1.29 is 14.1 Å². The summed E-state index contributed by atoms with van der Waals surface area (Å²) in [7, 11) is 0. The fourth-order valence-electron chi connectivity index (χ4n) is 3.28. The molecule has 6 nitrogen and oxygen atoms in total. The Bertz CT molecular complexity index is 928. The third kappa shape index (κ3) is 4.42. The first kappa shape index (κ1) is 18.7. The smallest absolute Gasteiger partial charge is 0.260 e. The number of para-hydroxylation sites is 1. The zero-order valence-electron chi connectivity index (χ0n) is 15.3. The topological polar surface area (TPSA) is 68.5 Å². The van der Waals surface area contributed by atoms with Crippen LogP contribution < -0.4 is 4.74 Å². The van der Waals surface area contributed by atoms with Crippen LogP contribution in [0.1, 0.15) is 24.7 Å². The highest BCUT2D eigenvalue weighted by molar-refractivity contribution is 9.10. The summed E-state index contributed by atoms with van der Waals surface area (Å²) in [4.78, 5) is 18.9. The second-order valence-electron chi connectivity index (χ2n) is 6.74. The Morgan fingerprint density at radius 2 is 1.96 bits per heavy atom. The molecule has 1 saturated heterocycles. The van der Waals surface area contributed by atoms with Crippen molar-refractivity contribution >= 4 is 21.8 Å². The Hall–Kier alpha value is -2.67. The number of carbonyl (C=O) groups excluding carboxylic acids is 1. The summed E-state index contributed by atoms with van der Waals surface area (Å²) in [5.41, 5.74) is 0.901. The summed E-state index contributed by atoms with van der Waals surface area (Å²) >= 11 is 3.42. The summed E-state index contributed by atoms with van der Waals surface area (Å²) in [6.45, 7) is 1.32. The van der Waals surface area contributed by atoms with Gasteiger partial charge < -0.3 is 14.2 Å². The number of nitrogens with zero attached hydrogens (tertiary/aromatic N) is 3. The molecule has 0 N–H and O–H groups in total. The van der Waals surface area contributed by atoms with Crippen LogP contribution in [-0.2, 0) is 4.79 Å². The maximum absolute atomic E-state index is 12.5. The van der Waals surface area contributed by atoms with E-state index >= 15 is 0 Å². The normalized spacial score (nSPS) is 16.8. The minimum Gasteiger partial charge on any atom is -0.484 e. The first-order valence-electron chi connectivity index (χ1n) is 9.24. The van der Waals surface area contributed by atoms with Gasteiger partial charge in [0.15, 0.2) is 6.61 Å². The van der Waals surface area contributed by atoms with Crippen molar-refractivity contribution in [3.05, 3.63) is 65.0 Å². The number of rotatable bonds is 5. The van der Waals surface area contributed by atoms with Crippen LogP contribution in [0.3, 0.4) is 0 Å². The molecule has 2 aromatic carbocycles. The lowest BCUT2D eigenvalue weighted by Crippen LogP contribution is -2.41. The van der Waals surface area contributed by atoms with Crippen molar-refractivity contribution in [2.75, 3.05) is 19.7 Å². The van der Waals surface area contributed by atoms with E-state index in [9.17, 15) is 4.79 Å². The van der Waals surface area contributed by atoms with E-state index in [2.05, 4.69) is 26.1 Å². The fourth-order valence-corrected chi connectivity index (χ4v) is 3.54. The van der Waals surface area contributed by atoms with E-state index in [-0.39, 0.29) is 18.4 Å². The maximum atomic E-state index is 12.5. The molecule has 144 valence electrons. The van der Waals surface area contributed by atoms with Gasteiger partial charge in [0.25, 0.3) is 5.91 Å². The van der Waals surface area contributed by atoms with E-state index in [0.717, 1.165) is 29.4 Å². The van der Waals surface area contributed by atoms with Gasteiger partial charge in [0, 0.05) is 23.1 Å². The third-order valence-electron chi connectivity index (χ3n) is 4.77. The number of hydrogen-bond donors (Lipinski definition) is 0. The Balaban J connectivity index is 1.38. The van der Waals surface area contributed by atoms with Crippen molar-refractivity contribution in [1.29, 1.82) is 0 Å². The van der Waals surface area contributed by atoms with Crippen LogP contribution in [-0.4, -0.2) is 40.6 Å². The molecule has 0 aliphatic carbocycles. The van der Waals surface area contributed by atoms with Gasteiger partial charge in [-0.15, -0.1) is 0 Å². The maximum Gasteiger partial charge on any atom is 0.260 e. The third-order valence-corrected chi connectivity index (χ3v) is 5.30. The van der Waals surface area contributed by atoms with Gasteiger partial charge in [0.05, 0.1) is 5.92 Å². The number of likely N-dealkylation sites (tertiary alicyclic amines) is 1. The molecule has 1 atom stereocenters. The van der Waals surface area contributed by atoms with E-state index < -0.39 is 0 Å². The van der Waals surface area contributed by atoms with Crippen molar-refractivity contribution in [3.8, 4) is 17.1 Å². The number of ether oxygens (including phenoxy) is 1. The number of piperidine rings is 1. The molecule has 1 amide bonds. The van der Waals surface area contributed by atoms with E-state index in [0.29, 0.717) is 24.0 Å². The summed E-state index contributed by atoms with van der Waals surface area (Å²) in [6.07, 6.45) is 1.82. The van der Waals surface area contributed by atoms with Crippen LogP contribution in [0.2, 0.25) is 0 Å². The Morgan fingerprint density at radius 1 is 1.18 bits per heavy atom. The number of carbonyl (C=O) groups is 1. The molecule has 28 heavy (non-hydrogen) atoms. The van der Waals surface area contributed by atoms with Crippen molar-refractivity contribution in [1.82, 2.24) is 15.0 Å². The highest BCUT2D eigenvalue weighted by atomic mass is 79.9. The number of aromatic nitrogens is 2. The Labute approximate surface area is 171 Å². The number of hydrogen-bond acceptors (Lipinski definition) is 5. The lowest BCUT2D eigenvalue weighted by atomic mass is 9.98. The minimum atomic E-state index is -0.0267. The molecule has 0 saturated carbocycles. The zero-order valence-corrected chi connectivity index (χ0v) is 16.8. The first-order valence-corrected chi connectivity index (χ1v) is 10.0. The highest BCUT2D eigenvalue weighted by Crippen LogP contribution is 2.28. The van der Waals surface area contributed by atoms with Crippen LogP contribution in [0, 0.1) is 0 Å². The molecular weight excluding hydrogens is 422 g/mol. The van der Waals surface area contributed by atoms with Crippen molar-refractivity contribution in [2.45, 2.75) is 18.8 Å². The SMILES string of the molecule is O=C(COc1ccccc1)N1CCCC(c2nc(-c3ccc(Br)cc3)no2)C1. The Kier molecular flexibility index (Phi) is 5.71. The van der Waals surface area contributed by atoms with Gasteiger partial charge in [-0.3, -0.25) is 4.79 Å². The average molecular weight is 442 g/mol. The monoisotopic (exact) mass is 441 g/mol. The van der Waals surface area contributed by atoms with Gasteiger partial charge in [-0.05, 0) is 49.2 Å². The predicted octanol–water partition coefficient (Wildman–Crippen LogP) is 4.28. The van der Waals surface area contributed by atoms with Gasteiger partial charge in [0.1, 0.15) is 5.75 Å². The van der Waals surface area contributed by atoms with E-state index in [1.807, 2.05) is 59.5 Å². The molecule has 2 heterocycles. The highest BCUT2D eigenvalue weighted by Gasteiger charge is 2.28. The van der Waals surface area contributed by atoms with Crippen LogP contribution in [0.5, 0.6) is 5.75 Å². The first-order chi connectivity index (χ1) is 13.7. The molecule has 3 aromatic rings. The predicted molar refractivity (Wildman–Crippen MR) is 108 cm³/mol. The van der Waals surface area contributed by atoms with Gasteiger partial charge in [-0.25, -0.2) is 0 Å². The van der Waals surface area contributed by atoms with Crippen molar-refractivity contribution in [2.24, 2.45) is 0 Å². The molecule has 7 heteroatoms. The van der Waals surface area contributed by atoms with Crippen LogP contribution >= 0.6 is 15.9 Å². The minimum absolute atomic E-state index is 0.0267. The van der Waals surface area contributed by atoms with E-state index in [1.165, 1.54) is 0 Å². The molecule has 1 aliphatic rings. The molecule has 0 spiro atoms. The molecule has 0 radical (unpaired) electrons. The van der Waals surface area contributed by atoms with Crippen LogP contribution in [0.4, 0.5) is 0 Å². The molecule has 1 unspecified atom stereocenters. The van der Waals surface area contributed by atoms with Gasteiger partial charge >= 0.3 is 0 Å². The van der Waals surface area contributed by atoms with Gasteiger partial charge in [-0.1, -0.05) is 39.3 Å². The quantitative estimate of drug-likeness (QED) is 0.590. The number of halogens is 1. The lowest BCUT2D eigenvalue weighted by molar-refractivity contribution is -0.134. The number of amides is 1. The van der Waals surface area contributed by atoms with Crippen LogP contribution in [0.15, 0.2) is 63.6 Å². The number of benzene rings is 2. The average Bonchev–Trinajstić information content (AvgIpc) is 3.24. The largest absolute Gasteiger partial charge is 0.484 e. The van der Waals surface area contributed by atoms with Crippen LogP contribution in [0.25, 0.3) is 11.4 Å².